The zero-order chi connectivity index (χ0) is 10.9. The van der Waals surface area contributed by atoms with Crippen LogP contribution in [-0.2, 0) is 0 Å². The van der Waals surface area contributed by atoms with Gasteiger partial charge in [0.2, 0.25) is 0 Å². The van der Waals surface area contributed by atoms with E-state index >= 15 is 0 Å². The molecule has 1 rings (SSSR count). The summed E-state index contributed by atoms with van der Waals surface area (Å²) in [6.45, 7) is 5.18. The SMILES string of the molecule is Cc1ncc(Br)c(=O)n1C(C)C(C)O. The van der Waals surface area contributed by atoms with Crippen molar-refractivity contribution in [2.75, 3.05) is 0 Å². The Morgan fingerprint density at radius 1 is 1.57 bits per heavy atom. The second-order valence-electron chi connectivity index (χ2n) is 3.31. The molecular weight excluding hydrogens is 248 g/mol. The average molecular weight is 261 g/mol. The van der Waals surface area contributed by atoms with Crippen molar-refractivity contribution in [3.8, 4) is 0 Å². The first-order chi connectivity index (χ1) is 6.45. The van der Waals surface area contributed by atoms with Gasteiger partial charge >= 0.3 is 0 Å². The summed E-state index contributed by atoms with van der Waals surface area (Å²) in [5.74, 6) is 0.603. The number of aliphatic hydroxyl groups is 1. The molecule has 0 aromatic carbocycles. The molecule has 1 aromatic heterocycles. The molecule has 0 saturated carbocycles. The maximum Gasteiger partial charge on any atom is 0.268 e. The van der Waals surface area contributed by atoms with E-state index in [4.69, 9.17) is 0 Å². The Balaban J connectivity index is 3.33. The summed E-state index contributed by atoms with van der Waals surface area (Å²) in [4.78, 5) is 15.7. The first-order valence-electron chi connectivity index (χ1n) is 4.37. The largest absolute Gasteiger partial charge is 0.391 e. The topological polar surface area (TPSA) is 55.1 Å². The molecule has 1 aromatic rings. The van der Waals surface area contributed by atoms with E-state index < -0.39 is 6.10 Å². The summed E-state index contributed by atoms with van der Waals surface area (Å²) >= 11 is 3.12. The quantitative estimate of drug-likeness (QED) is 0.871. The van der Waals surface area contributed by atoms with Crippen molar-refractivity contribution in [2.24, 2.45) is 0 Å². The van der Waals surface area contributed by atoms with Crippen molar-refractivity contribution < 1.29 is 5.11 Å². The zero-order valence-corrected chi connectivity index (χ0v) is 9.95. The smallest absolute Gasteiger partial charge is 0.268 e. The number of hydrogen-bond donors (Lipinski definition) is 1. The van der Waals surface area contributed by atoms with Gasteiger partial charge in [-0.1, -0.05) is 0 Å². The zero-order valence-electron chi connectivity index (χ0n) is 8.36. The first-order valence-corrected chi connectivity index (χ1v) is 5.16. The molecule has 0 bridgehead atoms. The van der Waals surface area contributed by atoms with Crippen LogP contribution in [0.5, 0.6) is 0 Å². The molecule has 14 heavy (non-hydrogen) atoms. The summed E-state index contributed by atoms with van der Waals surface area (Å²) in [6.07, 6.45) is 0.894. The van der Waals surface area contributed by atoms with Gasteiger partial charge in [0.05, 0.1) is 12.1 Å². The highest BCUT2D eigenvalue weighted by atomic mass is 79.9. The molecule has 78 valence electrons. The van der Waals surface area contributed by atoms with E-state index in [1.807, 2.05) is 0 Å². The number of rotatable bonds is 2. The molecule has 1 N–H and O–H groups in total. The highest BCUT2D eigenvalue weighted by molar-refractivity contribution is 9.10. The summed E-state index contributed by atoms with van der Waals surface area (Å²) in [7, 11) is 0. The van der Waals surface area contributed by atoms with Gasteiger partial charge in [0.1, 0.15) is 10.3 Å². The molecular formula is C9H13BrN2O2. The maximum atomic E-state index is 11.7. The summed E-state index contributed by atoms with van der Waals surface area (Å²) in [5, 5.41) is 9.41. The molecule has 0 fully saturated rings. The van der Waals surface area contributed by atoms with Gasteiger partial charge < -0.3 is 5.11 Å². The van der Waals surface area contributed by atoms with Crippen LogP contribution in [0, 0.1) is 6.92 Å². The van der Waals surface area contributed by atoms with Gasteiger partial charge in [-0.15, -0.1) is 0 Å². The van der Waals surface area contributed by atoms with Crippen LogP contribution in [0.3, 0.4) is 0 Å². The summed E-state index contributed by atoms with van der Waals surface area (Å²) < 4.78 is 1.89. The van der Waals surface area contributed by atoms with E-state index in [0.717, 1.165) is 0 Å². The fourth-order valence-corrected chi connectivity index (χ4v) is 1.52. The molecule has 0 saturated heterocycles. The minimum Gasteiger partial charge on any atom is -0.391 e. The van der Waals surface area contributed by atoms with Crippen molar-refractivity contribution in [1.82, 2.24) is 9.55 Å². The molecule has 0 spiro atoms. The minimum absolute atomic E-state index is 0.161. The molecule has 0 aliphatic heterocycles. The summed E-state index contributed by atoms with van der Waals surface area (Å²) in [5.41, 5.74) is -0.161. The molecule has 0 amide bonds. The minimum atomic E-state index is -0.581. The van der Waals surface area contributed by atoms with E-state index in [0.29, 0.717) is 10.3 Å². The van der Waals surface area contributed by atoms with Gasteiger partial charge in [0, 0.05) is 6.20 Å². The van der Waals surface area contributed by atoms with Crippen LogP contribution in [0.1, 0.15) is 25.7 Å². The van der Waals surface area contributed by atoms with E-state index in [-0.39, 0.29) is 11.6 Å². The van der Waals surface area contributed by atoms with Gasteiger partial charge in [-0.2, -0.15) is 0 Å². The highest BCUT2D eigenvalue weighted by Gasteiger charge is 2.16. The fraction of sp³-hybridized carbons (Fsp3) is 0.556. The van der Waals surface area contributed by atoms with Crippen LogP contribution in [0.2, 0.25) is 0 Å². The molecule has 1 heterocycles. The Bertz CT molecular complexity index is 387. The lowest BCUT2D eigenvalue weighted by molar-refractivity contribution is 0.135. The standard InChI is InChI=1S/C9H13BrN2O2/c1-5(6(2)13)12-7(3)11-4-8(10)9(12)14/h4-6,13H,1-3H3. The Hall–Kier alpha value is -0.680. The maximum absolute atomic E-state index is 11.7. The van der Waals surface area contributed by atoms with Crippen molar-refractivity contribution in [1.29, 1.82) is 0 Å². The van der Waals surface area contributed by atoms with E-state index in [1.165, 1.54) is 10.8 Å². The normalized spacial score (nSPS) is 15.2. The van der Waals surface area contributed by atoms with E-state index in [2.05, 4.69) is 20.9 Å². The molecule has 2 unspecified atom stereocenters. The monoisotopic (exact) mass is 260 g/mol. The second kappa shape index (κ2) is 4.23. The molecule has 0 aliphatic rings. The molecule has 0 radical (unpaired) electrons. The van der Waals surface area contributed by atoms with Crippen LogP contribution in [0.25, 0.3) is 0 Å². The van der Waals surface area contributed by atoms with Crippen LogP contribution < -0.4 is 5.56 Å². The number of aryl methyl sites for hydroxylation is 1. The lowest BCUT2D eigenvalue weighted by Gasteiger charge is -2.19. The number of halogens is 1. The van der Waals surface area contributed by atoms with Gasteiger partial charge in [0.25, 0.3) is 5.56 Å². The molecule has 4 nitrogen and oxygen atoms in total. The third-order valence-electron chi connectivity index (χ3n) is 2.24. The Morgan fingerprint density at radius 3 is 2.64 bits per heavy atom. The van der Waals surface area contributed by atoms with Crippen LogP contribution in [-0.4, -0.2) is 20.8 Å². The first kappa shape index (κ1) is 11.4. The van der Waals surface area contributed by atoms with E-state index in [9.17, 15) is 9.90 Å². The molecule has 5 heteroatoms. The van der Waals surface area contributed by atoms with Gasteiger partial charge in [-0.25, -0.2) is 4.98 Å². The average Bonchev–Trinajstić information content (AvgIpc) is 2.12. The lowest BCUT2D eigenvalue weighted by Crippen LogP contribution is -2.32. The van der Waals surface area contributed by atoms with Gasteiger partial charge in [-0.3, -0.25) is 9.36 Å². The number of aromatic nitrogens is 2. The van der Waals surface area contributed by atoms with Crippen molar-refractivity contribution in [3.05, 3.63) is 26.8 Å². The van der Waals surface area contributed by atoms with Crippen molar-refractivity contribution in [3.63, 3.8) is 0 Å². The third kappa shape index (κ3) is 2.04. The van der Waals surface area contributed by atoms with Crippen molar-refractivity contribution in [2.45, 2.75) is 32.9 Å². The predicted molar refractivity (Wildman–Crippen MR) is 57.3 cm³/mol. The van der Waals surface area contributed by atoms with Gasteiger partial charge in [0.15, 0.2) is 0 Å². The lowest BCUT2D eigenvalue weighted by atomic mass is 10.2. The van der Waals surface area contributed by atoms with Gasteiger partial charge in [-0.05, 0) is 36.7 Å². The Kier molecular flexibility index (Phi) is 3.44. The molecule has 0 aliphatic carbocycles. The number of hydrogen-bond acceptors (Lipinski definition) is 3. The van der Waals surface area contributed by atoms with Crippen LogP contribution in [0.4, 0.5) is 0 Å². The van der Waals surface area contributed by atoms with E-state index in [1.54, 1.807) is 20.8 Å². The second-order valence-corrected chi connectivity index (χ2v) is 4.16. The van der Waals surface area contributed by atoms with Crippen molar-refractivity contribution >= 4 is 15.9 Å². The van der Waals surface area contributed by atoms with Crippen LogP contribution in [0.15, 0.2) is 15.5 Å². The fourth-order valence-electron chi connectivity index (χ4n) is 1.22. The number of aliphatic hydroxyl groups excluding tert-OH is 1. The highest BCUT2D eigenvalue weighted by Crippen LogP contribution is 2.11. The third-order valence-corrected chi connectivity index (χ3v) is 2.79. The Morgan fingerprint density at radius 2 is 2.14 bits per heavy atom. The van der Waals surface area contributed by atoms with Crippen LogP contribution >= 0.6 is 15.9 Å². The molecule has 2 atom stereocenters. The summed E-state index contributed by atoms with van der Waals surface area (Å²) in [6, 6.07) is -0.271. The Labute approximate surface area is 90.7 Å². The number of nitrogens with zero attached hydrogens (tertiary/aromatic N) is 2. The predicted octanol–water partition coefficient (Wildman–Crippen LogP) is 1.26.